The topological polar surface area (TPSA) is 251 Å². The van der Waals surface area contributed by atoms with E-state index in [0.29, 0.717) is 31.0 Å². The summed E-state index contributed by atoms with van der Waals surface area (Å²) in [6.45, 7) is 17.0. The highest BCUT2D eigenvalue weighted by Gasteiger charge is 2.42. The van der Waals surface area contributed by atoms with E-state index in [1.807, 2.05) is 0 Å². The molecule has 4 atom stereocenters. The number of isocyanates is 2. The first-order chi connectivity index (χ1) is 23.2. The van der Waals surface area contributed by atoms with Crippen molar-refractivity contribution in [2.45, 2.75) is 106 Å². The Morgan fingerprint density at radius 2 is 1.40 bits per heavy atom. The molecule has 0 radical (unpaired) electrons. The summed E-state index contributed by atoms with van der Waals surface area (Å²) in [5.41, 5.74) is 5.71. The van der Waals surface area contributed by atoms with Crippen molar-refractivity contribution in [2.75, 3.05) is 24.2 Å². The maximum Gasteiger partial charge on any atom is 0.321 e. The van der Waals surface area contributed by atoms with Gasteiger partial charge in [-0.3, -0.25) is 24.9 Å². The number of rotatable bonds is 7. The van der Waals surface area contributed by atoms with Crippen LogP contribution < -0.4 is 27.5 Å². The number of ether oxygens (including phenoxy) is 1. The molecule has 2 aliphatic carbocycles. The van der Waals surface area contributed by atoms with Crippen molar-refractivity contribution in [2.24, 2.45) is 31.6 Å². The molecule has 2 aromatic rings. The van der Waals surface area contributed by atoms with Crippen molar-refractivity contribution in [3.8, 4) is 6.26 Å². The number of carbonyl (C=O) groups is 1. The van der Waals surface area contributed by atoms with Gasteiger partial charge < -0.3 is 15.8 Å². The SMILES string of the molecule is CC1(C)CC(N=C=O)CC(C)(COC#N)C1.Cc1cc(=O)[nH]c(N)n1.Cc1cc(=O)[nH]c(NC(=O)NCC2(C)CC(N=C=O)CC(C)(C)C2)n1. The molecule has 2 saturated carbocycles. The van der Waals surface area contributed by atoms with E-state index in [0.717, 1.165) is 32.1 Å². The van der Waals surface area contributed by atoms with E-state index in [1.165, 1.54) is 12.1 Å². The van der Waals surface area contributed by atoms with Crippen molar-refractivity contribution in [1.82, 2.24) is 25.3 Å². The number of amides is 2. The second-order valence-corrected chi connectivity index (χ2v) is 15.6. The number of aromatic amines is 2. The largest absolute Gasteiger partial charge is 0.427 e. The summed E-state index contributed by atoms with van der Waals surface area (Å²) in [5, 5.41) is 13.8. The summed E-state index contributed by atoms with van der Waals surface area (Å²) < 4.78 is 4.86. The molecule has 0 bridgehead atoms. The van der Waals surface area contributed by atoms with Crippen LogP contribution >= 0.6 is 0 Å². The van der Waals surface area contributed by atoms with Crippen molar-refractivity contribution < 1.29 is 19.1 Å². The first-order valence-corrected chi connectivity index (χ1v) is 16.3. The summed E-state index contributed by atoms with van der Waals surface area (Å²) in [7, 11) is 0. The summed E-state index contributed by atoms with van der Waals surface area (Å²) >= 11 is 0. The molecular weight excluding hydrogens is 644 g/mol. The number of nitrogen functional groups attached to an aromatic ring is 1. The molecule has 4 rings (SSSR count). The van der Waals surface area contributed by atoms with Crippen LogP contribution in [0.5, 0.6) is 0 Å². The van der Waals surface area contributed by atoms with Gasteiger partial charge in [0, 0.05) is 35.5 Å². The van der Waals surface area contributed by atoms with Gasteiger partial charge in [-0.2, -0.15) is 5.26 Å². The minimum absolute atomic E-state index is 0.00791. The molecular formula is C34H50N10O6. The Labute approximate surface area is 291 Å². The number of nitrogens with two attached hydrogens (primary N) is 1. The third kappa shape index (κ3) is 14.6. The third-order valence-electron chi connectivity index (χ3n) is 8.47. The smallest absolute Gasteiger partial charge is 0.321 e. The zero-order valence-corrected chi connectivity index (χ0v) is 30.2. The number of nitriles is 1. The number of urea groups is 1. The fourth-order valence-corrected chi connectivity index (χ4v) is 7.63. The van der Waals surface area contributed by atoms with E-state index in [4.69, 9.17) is 15.7 Å². The Morgan fingerprint density at radius 1 is 0.900 bits per heavy atom. The second kappa shape index (κ2) is 17.5. The highest BCUT2D eigenvalue weighted by Crippen LogP contribution is 2.48. The van der Waals surface area contributed by atoms with E-state index in [9.17, 15) is 24.0 Å². The van der Waals surface area contributed by atoms with Crippen LogP contribution in [0.15, 0.2) is 31.7 Å². The highest BCUT2D eigenvalue weighted by atomic mass is 16.5. The molecule has 2 heterocycles. The number of carbonyl (C=O) groups excluding carboxylic acids is 3. The van der Waals surface area contributed by atoms with Crippen LogP contribution in [0.2, 0.25) is 0 Å². The number of nitrogens with zero attached hydrogens (tertiary/aromatic N) is 5. The predicted octanol–water partition coefficient (Wildman–Crippen LogP) is 4.19. The van der Waals surface area contributed by atoms with Crippen LogP contribution in [-0.2, 0) is 14.3 Å². The van der Waals surface area contributed by atoms with E-state index in [2.05, 4.69) is 82.1 Å². The second-order valence-electron chi connectivity index (χ2n) is 15.6. The minimum Gasteiger partial charge on any atom is -0.427 e. The minimum atomic E-state index is -0.436. The molecule has 6 N–H and O–H groups in total. The van der Waals surface area contributed by atoms with Crippen molar-refractivity contribution >= 4 is 30.1 Å². The molecule has 2 aliphatic rings. The number of aromatic nitrogens is 4. The van der Waals surface area contributed by atoms with Crippen LogP contribution in [0.3, 0.4) is 0 Å². The summed E-state index contributed by atoms with van der Waals surface area (Å²) in [6.07, 6.45) is 10.1. The molecule has 2 amide bonds. The lowest BCUT2D eigenvalue weighted by Gasteiger charge is -2.45. The van der Waals surface area contributed by atoms with Gasteiger partial charge >= 0.3 is 6.03 Å². The van der Waals surface area contributed by atoms with E-state index in [-0.39, 0.29) is 56.8 Å². The lowest BCUT2D eigenvalue weighted by Crippen LogP contribution is -2.45. The van der Waals surface area contributed by atoms with Gasteiger partial charge in [-0.05, 0) is 68.6 Å². The van der Waals surface area contributed by atoms with Gasteiger partial charge in [0.15, 0.2) is 0 Å². The Hall–Kier alpha value is -5.12. The summed E-state index contributed by atoms with van der Waals surface area (Å²) in [4.78, 5) is 75.4. The lowest BCUT2D eigenvalue weighted by molar-refractivity contribution is 0.0288. The van der Waals surface area contributed by atoms with Gasteiger partial charge in [0.05, 0.1) is 12.1 Å². The zero-order valence-electron chi connectivity index (χ0n) is 30.2. The summed E-state index contributed by atoms with van der Waals surface area (Å²) in [5.74, 6) is 0.278. The number of nitrogens with one attached hydrogen (secondary N) is 4. The van der Waals surface area contributed by atoms with E-state index >= 15 is 0 Å². The van der Waals surface area contributed by atoms with Gasteiger partial charge in [0.2, 0.25) is 24.1 Å². The molecule has 16 nitrogen and oxygen atoms in total. The normalized spacial score (nSPS) is 24.5. The third-order valence-corrected chi connectivity index (χ3v) is 8.47. The first-order valence-electron chi connectivity index (χ1n) is 16.3. The standard InChI is InChI=1S/C17H25N5O3.C12H18N2O2.C5H7N3O/c1-11-5-13(24)21-14(20-11)22-15(25)18-9-17(4)7-12(19-10-23)6-16(2,3)8-17;1-11(2)4-10(14-9-15)5-12(3,6-11)7-16-8-13;1-3-2-4(9)8-5(6)7-3/h5,12H,6-9H2,1-4H3,(H3,18,20,21,22,24,25);10H,4-7H2,1-3H3;2H,1H3,(H3,6,7,8,9). The number of hydrogen-bond acceptors (Lipinski definition) is 12. The van der Waals surface area contributed by atoms with Crippen molar-refractivity contribution in [3.63, 3.8) is 0 Å². The molecule has 0 saturated heterocycles. The zero-order chi connectivity index (χ0) is 37.8. The number of anilines is 2. The molecule has 50 heavy (non-hydrogen) atoms. The van der Waals surface area contributed by atoms with E-state index in [1.54, 1.807) is 32.3 Å². The van der Waals surface area contributed by atoms with Gasteiger partial charge in [-0.15, -0.1) is 0 Å². The van der Waals surface area contributed by atoms with Crippen LogP contribution in [0.25, 0.3) is 0 Å². The molecule has 0 aliphatic heterocycles. The van der Waals surface area contributed by atoms with Gasteiger partial charge in [0.1, 0.15) is 6.61 Å². The Morgan fingerprint density at radius 3 is 1.88 bits per heavy atom. The molecule has 2 fully saturated rings. The van der Waals surface area contributed by atoms with Crippen LogP contribution in [-0.4, -0.2) is 63.4 Å². The molecule has 16 heteroatoms. The monoisotopic (exact) mass is 694 g/mol. The number of aliphatic imine (C=N–C) groups is 2. The lowest BCUT2D eigenvalue weighted by atomic mass is 9.63. The highest BCUT2D eigenvalue weighted by molar-refractivity contribution is 5.87. The Bertz CT molecular complexity index is 1710. The fourth-order valence-electron chi connectivity index (χ4n) is 7.63. The Balaban J connectivity index is 0.000000294. The molecule has 0 aromatic carbocycles. The maximum atomic E-state index is 12.1. The van der Waals surface area contributed by atoms with Crippen LogP contribution in [0.1, 0.15) is 91.5 Å². The predicted molar refractivity (Wildman–Crippen MR) is 187 cm³/mol. The Kier molecular flexibility index (Phi) is 14.4. The van der Waals surface area contributed by atoms with Crippen molar-refractivity contribution in [1.29, 1.82) is 5.26 Å². The average Bonchev–Trinajstić information content (AvgIpc) is 2.93. The number of H-pyrrole nitrogens is 2. The van der Waals surface area contributed by atoms with Gasteiger partial charge in [-0.25, -0.2) is 34.3 Å². The molecule has 2 aromatic heterocycles. The fraction of sp³-hybridized carbons (Fsp3) is 0.647. The van der Waals surface area contributed by atoms with Crippen molar-refractivity contribution in [3.05, 3.63) is 44.2 Å². The first kappa shape index (κ1) is 41.1. The number of hydrogen-bond donors (Lipinski definition) is 5. The van der Waals surface area contributed by atoms with Gasteiger partial charge in [0.25, 0.3) is 17.4 Å². The van der Waals surface area contributed by atoms with Gasteiger partial charge in [-0.1, -0.05) is 41.5 Å². The average molecular weight is 695 g/mol. The quantitative estimate of drug-likeness (QED) is 0.157. The van der Waals surface area contributed by atoms with E-state index < -0.39 is 6.03 Å². The molecule has 272 valence electrons. The van der Waals surface area contributed by atoms with Crippen LogP contribution in [0.4, 0.5) is 16.7 Å². The summed E-state index contributed by atoms with van der Waals surface area (Å²) in [6, 6.07) is 2.23. The number of aryl methyl sites for hydroxylation is 2. The maximum absolute atomic E-state index is 12.1. The molecule has 0 spiro atoms. The molecule has 4 unspecified atom stereocenters. The van der Waals surface area contributed by atoms with Crippen LogP contribution in [0, 0.1) is 47.0 Å².